The summed E-state index contributed by atoms with van der Waals surface area (Å²) in [6.07, 6.45) is 1.90. The van der Waals surface area contributed by atoms with Crippen molar-refractivity contribution in [1.82, 2.24) is 4.98 Å². The van der Waals surface area contributed by atoms with Crippen LogP contribution < -0.4 is 5.14 Å². The van der Waals surface area contributed by atoms with Gasteiger partial charge in [0, 0.05) is 33.8 Å². The maximum atomic E-state index is 12.9. The molecule has 5 nitrogen and oxygen atoms in total. The number of ketones is 1. The van der Waals surface area contributed by atoms with Gasteiger partial charge in [-0.15, -0.1) is 0 Å². The summed E-state index contributed by atoms with van der Waals surface area (Å²) in [6, 6.07) is 21.2. The zero-order valence-electron chi connectivity index (χ0n) is 14.2. The van der Waals surface area contributed by atoms with E-state index in [0.717, 1.165) is 22.0 Å². The number of nitrogens with one attached hydrogen (secondary N) is 1. The number of sulfonamides is 1. The quantitative estimate of drug-likeness (QED) is 0.532. The number of aromatic amines is 1. The van der Waals surface area contributed by atoms with Gasteiger partial charge in [-0.25, -0.2) is 13.6 Å². The lowest BCUT2D eigenvalue weighted by atomic mass is 10.00. The van der Waals surface area contributed by atoms with Gasteiger partial charge >= 0.3 is 0 Å². The van der Waals surface area contributed by atoms with E-state index in [1.165, 1.54) is 18.2 Å². The van der Waals surface area contributed by atoms with Crippen LogP contribution in [0, 0.1) is 0 Å². The van der Waals surface area contributed by atoms with Gasteiger partial charge in [0.25, 0.3) is 0 Å². The summed E-state index contributed by atoms with van der Waals surface area (Å²) in [5.74, 6) is -0.391. The number of benzene rings is 3. The number of carbonyl (C=O) groups excluding carboxylic acids is 1. The molecular formula is C21H16N2O3S. The van der Waals surface area contributed by atoms with Gasteiger partial charge in [-0.2, -0.15) is 0 Å². The predicted molar refractivity (Wildman–Crippen MR) is 105 cm³/mol. The van der Waals surface area contributed by atoms with Gasteiger partial charge in [-0.05, 0) is 23.8 Å². The molecule has 4 aromatic rings. The number of hydrogen-bond donors (Lipinski definition) is 2. The first-order valence-corrected chi connectivity index (χ1v) is 9.83. The van der Waals surface area contributed by atoms with Crippen LogP contribution >= 0.6 is 0 Å². The Morgan fingerprint density at radius 3 is 2.33 bits per heavy atom. The zero-order valence-corrected chi connectivity index (χ0v) is 15.0. The lowest BCUT2D eigenvalue weighted by Crippen LogP contribution is -2.17. The highest BCUT2D eigenvalue weighted by atomic mass is 32.2. The van der Waals surface area contributed by atoms with E-state index in [-0.39, 0.29) is 10.5 Å². The maximum absolute atomic E-state index is 12.9. The molecule has 0 unspecified atom stereocenters. The minimum Gasteiger partial charge on any atom is -0.361 e. The summed E-state index contributed by atoms with van der Waals surface area (Å²) in [5, 5.41) is 6.23. The van der Waals surface area contributed by atoms with Crippen LogP contribution in [0.1, 0.15) is 15.9 Å². The van der Waals surface area contributed by atoms with Gasteiger partial charge in [0.05, 0.1) is 4.90 Å². The second kappa shape index (κ2) is 6.50. The van der Waals surface area contributed by atoms with Gasteiger partial charge in [0.15, 0.2) is 5.78 Å². The van der Waals surface area contributed by atoms with Gasteiger partial charge in [-0.1, -0.05) is 54.6 Å². The van der Waals surface area contributed by atoms with Crippen molar-refractivity contribution in [3.05, 3.63) is 90.1 Å². The molecule has 0 radical (unpaired) electrons. The van der Waals surface area contributed by atoms with E-state index < -0.39 is 15.8 Å². The maximum Gasteiger partial charge on any atom is 0.238 e. The number of H-pyrrole nitrogens is 1. The highest BCUT2D eigenvalue weighted by molar-refractivity contribution is 7.89. The molecule has 0 aliphatic carbocycles. The Kier molecular flexibility index (Phi) is 4.14. The Labute approximate surface area is 156 Å². The molecule has 0 amide bonds. The van der Waals surface area contributed by atoms with Crippen LogP contribution in [-0.4, -0.2) is 19.2 Å². The molecule has 0 fully saturated rings. The van der Waals surface area contributed by atoms with E-state index in [0.29, 0.717) is 5.56 Å². The van der Waals surface area contributed by atoms with E-state index in [4.69, 9.17) is 5.14 Å². The predicted octanol–water partition coefficient (Wildman–Crippen LogP) is 3.71. The molecule has 0 aliphatic rings. The Morgan fingerprint density at radius 2 is 1.59 bits per heavy atom. The standard InChI is InChI=1S/C21H16N2O3S/c22-27(25,26)20-9-5-4-8-17(20)21(24)15-10-11-16-18(13-23-19(16)12-15)14-6-2-1-3-7-14/h1-13,23H,(H2,22,25,26). The summed E-state index contributed by atoms with van der Waals surface area (Å²) in [6.45, 7) is 0. The first-order valence-electron chi connectivity index (χ1n) is 8.28. The molecular weight excluding hydrogens is 360 g/mol. The molecule has 134 valence electrons. The highest BCUT2D eigenvalue weighted by Crippen LogP contribution is 2.30. The van der Waals surface area contributed by atoms with E-state index >= 15 is 0 Å². The normalized spacial score (nSPS) is 11.6. The molecule has 0 spiro atoms. The van der Waals surface area contributed by atoms with Crippen molar-refractivity contribution in [1.29, 1.82) is 0 Å². The fourth-order valence-corrected chi connectivity index (χ4v) is 3.92. The Bertz CT molecular complexity index is 1260. The molecule has 0 bridgehead atoms. The third-order valence-corrected chi connectivity index (χ3v) is 5.44. The SMILES string of the molecule is NS(=O)(=O)c1ccccc1C(=O)c1ccc2c(-c3ccccc3)c[nH]c2c1. The molecule has 27 heavy (non-hydrogen) atoms. The van der Waals surface area contributed by atoms with Crippen LogP contribution in [-0.2, 0) is 10.0 Å². The average Bonchev–Trinajstić information content (AvgIpc) is 3.10. The third kappa shape index (κ3) is 3.16. The average molecular weight is 376 g/mol. The molecule has 3 aromatic carbocycles. The van der Waals surface area contributed by atoms with Crippen LogP contribution in [0.5, 0.6) is 0 Å². The van der Waals surface area contributed by atoms with Crippen molar-refractivity contribution in [3.63, 3.8) is 0 Å². The van der Waals surface area contributed by atoms with Gasteiger partial charge in [0.2, 0.25) is 10.0 Å². The van der Waals surface area contributed by atoms with Crippen LogP contribution in [0.3, 0.4) is 0 Å². The van der Waals surface area contributed by atoms with Crippen molar-refractivity contribution in [3.8, 4) is 11.1 Å². The number of rotatable bonds is 4. The molecule has 0 aliphatic heterocycles. The molecule has 3 N–H and O–H groups in total. The monoisotopic (exact) mass is 376 g/mol. The van der Waals surface area contributed by atoms with Crippen molar-refractivity contribution in [2.24, 2.45) is 5.14 Å². The zero-order chi connectivity index (χ0) is 19.0. The van der Waals surface area contributed by atoms with Gasteiger partial charge < -0.3 is 4.98 Å². The van der Waals surface area contributed by atoms with Crippen LogP contribution in [0.25, 0.3) is 22.0 Å². The summed E-state index contributed by atoms with van der Waals surface area (Å²) < 4.78 is 23.6. The number of aromatic nitrogens is 1. The largest absolute Gasteiger partial charge is 0.361 e. The van der Waals surface area contributed by atoms with Gasteiger partial charge in [0.1, 0.15) is 0 Å². The summed E-state index contributed by atoms with van der Waals surface area (Å²) in [4.78, 5) is 15.9. The molecule has 4 rings (SSSR count). The first kappa shape index (κ1) is 17.2. The molecule has 1 aromatic heterocycles. The number of nitrogens with two attached hydrogens (primary N) is 1. The lowest BCUT2D eigenvalue weighted by Gasteiger charge is -2.07. The van der Waals surface area contributed by atoms with Crippen molar-refractivity contribution in [2.45, 2.75) is 4.90 Å². The van der Waals surface area contributed by atoms with E-state index in [1.807, 2.05) is 42.6 Å². The van der Waals surface area contributed by atoms with Crippen LogP contribution in [0.4, 0.5) is 0 Å². The number of fused-ring (bicyclic) bond motifs is 1. The Hall–Kier alpha value is -3.22. The molecule has 1 heterocycles. The molecule has 0 atom stereocenters. The molecule has 0 saturated carbocycles. The van der Waals surface area contributed by atoms with Crippen molar-refractivity contribution < 1.29 is 13.2 Å². The summed E-state index contributed by atoms with van der Waals surface area (Å²) in [5.41, 5.74) is 3.36. The number of primary sulfonamides is 1. The van der Waals surface area contributed by atoms with Gasteiger partial charge in [-0.3, -0.25) is 4.79 Å². The van der Waals surface area contributed by atoms with Crippen molar-refractivity contribution >= 4 is 26.7 Å². The first-order chi connectivity index (χ1) is 12.9. The van der Waals surface area contributed by atoms with Crippen LogP contribution in [0.15, 0.2) is 83.9 Å². The number of carbonyl (C=O) groups is 1. The highest BCUT2D eigenvalue weighted by Gasteiger charge is 2.20. The minimum absolute atomic E-state index is 0.0641. The van der Waals surface area contributed by atoms with E-state index in [1.54, 1.807) is 18.2 Å². The third-order valence-electron chi connectivity index (χ3n) is 4.47. The second-order valence-electron chi connectivity index (χ2n) is 6.20. The van der Waals surface area contributed by atoms with E-state index in [9.17, 15) is 13.2 Å². The summed E-state index contributed by atoms with van der Waals surface area (Å²) >= 11 is 0. The number of hydrogen-bond acceptors (Lipinski definition) is 3. The Balaban J connectivity index is 1.79. The smallest absolute Gasteiger partial charge is 0.238 e. The molecule has 0 saturated heterocycles. The topological polar surface area (TPSA) is 93.0 Å². The van der Waals surface area contributed by atoms with Crippen molar-refractivity contribution in [2.75, 3.05) is 0 Å². The fourth-order valence-electron chi connectivity index (χ4n) is 3.18. The second-order valence-corrected chi connectivity index (χ2v) is 7.73. The van der Waals surface area contributed by atoms with Crippen LogP contribution in [0.2, 0.25) is 0 Å². The minimum atomic E-state index is -3.99. The van der Waals surface area contributed by atoms with E-state index in [2.05, 4.69) is 4.98 Å². The fraction of sp³-hybridized carbons (Fsp3) is 0. The lowest BCUT2D eigenvalue weighted by molar-refractivity contribution is 0.103. The molecule has 6 heteroatoms. The Morgan fingerprint density at radius 1 is 0.889 bits per heavy atom. The summed E-state index contributed by atoms with van der Waals surface area (Å²) in [7, 11) is -3.99.